The smallest absolute Gasteiger partial charge is 0.262 e. The van der Waals surface area contributed by atoms with Gasteiger partial charge in [0.05, 0.1) is 17.4 Å². The van der Waals surface area contributed by atoms with Crippen molar-refractivity contribution < 1.29 is 8.94 Å². The van der Waals surface area contributed by atoms with Crippen LogP contribution in [-0.4, -0.2) is 10.1 Å². The molecule has 0 spiro atoms. The molecule has 1 fully saturated rings. The number of nitrogens with zero attached hydrogens (tertiary/aromatic N) is 2. The first-order chi connectivity index (χ1) is 9.62. The first kappa shape index (κ1) is 13.8. The minimum Gasteiger partial charge on any atom is -0.457 e. The quantitative estimate of drug-likeness (QED) is 0.918. The van der Waals surface area contributed by atoms with Gasteiger partial charge in [0, 0.05) is 0 Å². The van der Waals surface area contributed by atoms with Crippen LogP contribution < -0.4 is 5.73 Å². The van der Waals surface area contributed by atoms with Crippen LogP contribution in [0.2, 0.25) is 0 Å². The number of nitrogens with two attached hydrogens (primary N) is 1. The molecular formula is C14H18BrN3O2. The van der Waals surface area contributed by atoms with Crippen molar-refractivity contribution >= 4 is 15.9 Å². The molecule has 2 aromatic rings. The van der Waals surface area contributed by atoms with Crippen LogP contribution in [0.25, 0.3) is 11.5 Å². The van der Waals surface area contributed by atoms with Crippen molar-refractivity contribution in [2.45, 2.75) is 44.6 Å². The highest BCUT2D eigenvalue weighted by Gasteiger charge is 2.37. The predicted molar refractivity (Wildman–Crippen MR) is 77.8 cm³/mol. The van der Waals surface area contributed by atoms with E-state index in [0.717, 1.165) is 37.2 Å². The lowest BCUT2D eigenvalue weighted by Crippen LogP contribution is -2.41. The zero-order valence-electron chi connectivity index (χ0n) is 11.4. The van der Waals surface area contributed by atoms with Gasteiger partial charge >= 0.3 is 0 Å². The van der Waals surface area contributed by atoms with Gasteiger partial charge in [0.25, 0.3) is 5.89 Å². The fraction of sp³-hybridized carbons (Fsp3) is 0.571. The summed E-state index contributed by atoms with van der Waals surface area (Å²) in [5, 5.41) is 4.09. The van der Waals surface area contributed by atoms with Gasteiger partial charge in [0.15, 0.2) is 10.5 Å². The third kappa shape index (κ3) is 2.42. The van der Waals surface area contributed by atoms with Gasteiger partial charge in [-0.3, -0.25) is 0 Å². The molecule has 2 aromatic heterocycles. The number of hydrogen-bond acceptors (Lipinski definition) is 5. The number of aromatic nitrogens is 2. The number of furan rings is 1. The molecule has 1 aliphatic carbocycles. The maximum Gasteiger partial charge on any atom is 0.262 e. The van der Waals surface area contributed by atoms with E-state index in [1.165, 1.54) is 6.42 Å². The Bertz CT molecular complexity index is 585. The standard InChI is InChI=1S/C14H18BrN3O2/c1-2-9-3-6-14(16,7-4-9)13-17-12(20-18-13)10-5-8-19-11(10)15/h5,8-9H,2-4,6-7,16H2,1H3. The van der Waals surface area contributed by atoms with Crippen molar-refractivity contribution in [3.8, 4) is 11.5 Å². The summed E-state index contributed by atoms with van der Waals surface area (Å²) in [6.45, 7) is 2.23. The predicted octanol–water partition coefficient (Wildman–Crippen LogP) is 3.85. The molecule has 0 saturated heterocycles. The van der Waals surface area contributed by atoms with E-state index in [2.05, 4.69) is 33.0 Å². The van der Waals surface area contributed by atoms with Crippen molar-refractivity contribution in [2.75, 3.05) is 0 Å². The highest BCUT2D eigenvalue weighted by atomic mass is 79.9. The summed E-state index contributed by atoms with van der Waals surface area (Å²) in [4.78, 5) is 4.47. The topological polar surface area (TPSA) is 78.1 Å². The first-order valence-electron chi connectivity index (χ1n) is 6.99. The molecule has 0 atom stereocenters. The van der Waals surface area contributed by atoms with Crippen molar-refractivity contribution in [3.05, 3.63) is 22.8 Å². The second kappa shape index (κ2) is 5.33. The van der Waals surface area contributed by atoms with Gasteiger partial charge in [-0.15, -0.1) is 0 Å². The normalized spacial score (nSPS) is 26.9. The van der Waals surface area contributed by atoms with Crippen molar-refractivity contribution in [3.63, 3.8) is 0 Å². The molecule has 1 aliphatic rings. The Kier molecular flexibility index (Phi) is 3.69. The van der Waals surface area contributed by atoms with Crippen LogP contribution in [0.3, 0.4) is 0 Å². The van der Waals surface area contributed by atoms with Gasteiger partial charge in [-0.25, -0.2) is 0 Å². The van der Waals surface area contributed by atoms with Gasteiger partial charge in [-0.1, -0.05) is 18.5 Å². The van der Waals surface area contributed by atoms with Crippen LogP contribution in [-0.2, 0) is 5.54 Å². The van der Waals surface area contributed by atoms with Crippen LogP contribution in [0.15, 0.2) is 25.9 Å². The molecular weight excluding hydrogens is 322 g/mol. The molecule has 0 aliphatic heterocycles. The van der Waals surface area contributed by atoms with Crippen LogP contribution in [0, 0.1) is 5.92 Å². The molecule has 108 valence electrons. The Balaban J connectivity index is 1.82. The molecule has 6 heteroatoms. The minimum atomic E-state index is -0.455. The average molecular weight is 340 g/mol. The summed E-state index contributed by atoms with van der Waals surface area (Å²) in [6, 6.07) is 1.79. The minimum absolute atomic E-state index is 0.447. The molecule has 2 N–H and O–H groups in total. The second-order valence-corrected chi connectivity index (χ2v) is 6.26. The molecule has 0 amide bonds. The highest BCUT2D eigenvalue weighted by Crippen LogP contribution is 2.38. The van der Waals surface area contributed by atoms with Crippen LogP contribution in [0.1, 0.15) is 44.9 Å². The maximum absolute atomic E-state index is 6.48. The summed E-state index contributed by atoms with van der Waals surface area (Å²) >= 11 is 3.31. The van der Waals surface area contributed by atoms with E-state index in [0.29, 0.717) is 16.4 Å². The van der Waals surface area contributed by atoms with E-state index in [4.69, 9.17) is 14.7 Å². The molecule has 0 radical (unpaired) electrons. The molecule has 1 saturated carbocycles. The molecule has 5 nitrogen and oxygen atoms in total. The van der Waals surface area contributed by atoms with E-state index < -0.39 is 5.54 Å². The summed E-state index contributed by atoms with van der Waals surface area (Å²) in [7, 11) is 0. The zero-order valence-corrected chi connectivity index (χ0v) is 13.0. The van der Waals surface area contributed by atoms with Crippen LogP contribution in [0.4, 0.5) is 0 Å². The lowest BCUT2D eigenvalue weighted by molar-refractivity contribution is 0.216. The summed E-state index contributed by atoms with van der Waals surface area (Å²) in [5.74, 6) is 1.83. The Hall–Kier alpha value is -1.14. The lowest BCUT2D eigenvalue weighted by Gasteiger charge is -2.34. The molecule has 2 heterocycles. The molecule has 0 aromatic carbocycles. The van der Waals surface area contributed by atoms with E-state index >= 15 is 0 Å². The molecule has 20 heavy (non-hydrogen) atoms. The summed E-state index contributed by atoms with van der Waals surface area (Å²) in [5.41, 5.74) is 6.79. The highest BCUT2D eigenvalue weighted by molar-refractivity contribution is 9.10. The Morgan fingerprint density at radius 2 is 2.20 bits per heavy atom. The van der Waals surface area contributed by atoms with Crippen LogP contribution >= 0.6 is 15.9 Å². The Labute approximate surface area is 126 Å². The van der Waals surface area contributed by atoms with Gasteiger partial charge in [-0.2, -0.15) is 4.98 Å². The maximum atomic E-state index is 6.48. The Morgan fingerprint density at radius 1 is 1.45 bits per heavy atom. The number of halogens is 1. The van der Waals surface area contributed by atoms with E-state index in [-0.39, 0.29) is 0 Å². The van der Waals surface area contributed by atoms with Crippen molar-refractivity contribution in [2.24, 2.45) is 11.7 Å². The van der Waals surface area contributed by atoms with Gasteiger partial charge < -0.3 is 14.7 Å². The number of rotatable bonds is 3. The van der Waals surface area contributed by atoms with Gasteiger partial charge in [0.2, 0.25) is 0 Å². The average Bonchev–Trinajstić information content (AvgIpc) is 3.08. The molecule has 3 rings (SSSR count). The fourth-order valence-electron chi connectivity index (χ4n) is 2.81. The van der Waals surface area contributed by atoms with Crippen molar-refractivity contribution in [1.29, 1.82) is 0 Å². The van der Waals surface area contributed by atoms with E-state index in [9.17, 15) is 0 Å². The SMILES string of the molecule is CCC1CCC(N)(c2noc(-c3ccoc3Br)n2)CC1. The molecule has 0 unspecified atom stereocenters. The monoisotopic (exact) mass is 339 g/mol. The van der Waals surface area contributed by atoms with Gasteiger partial charge in [-0.05, 0) is 53.6 Å². The fourth-order valence-corrected chi connectivity index (χ4v) is 3.22. The third-order valence-electron chi connectivity index (χ3n) is 4.29. The third-order valence-corrected chi connectivity index (χ3v) is 4.91. The van der Waals surface area contributed by atoms with E-state index in [1.807, 2.05) is 0 Å². The zero-order chi connectivity index (χ0) is 14.2. The van der Waals surface area contributed by atoms with E-state index in [1.54, 1.807) is 12.3 Å². The summed E-state index contributed by atoms with van der Waals surface area (Å²) < 4.78 is 11.1. The Morgan fingerprint density at radius 3 is 2.80 bits per heavy atom. The lowest BCUT2D eigenvalue weighted by atomic mass is 9.76. The van der Waals surface area contributed by atoms with Gasteiger partial charge in [0.1, 0.15) is 0 Å². The summed E-state index contributed by atoms with van der Waals surface area (Å²) in [6.07, 6.45) is 6.89. The number of hydrogen-bond donors (Lipinski definition) is 1. The molecule has 0 bridgehead atoms. The largest absolute Gasteiger partial charge is 0.457 e. The van der Waals surface area contributed by atoms with Crippen molar-refractivity contribution in [1.82, 2.24) is 10.1 Å². The second-order valence-electron chi connectivity index (χ2n) is 5.54. The van der Waals surface area contributed by atoms with Crippen LogP contribution in [0.5, 0.6) is 0 Å². The first-order valence-corrected chi connectivity index (χ1v) is 7.78.